The van der Waals surface area contributed by atoms with Gasteiger partial charge in [-0.3, -0.25) is 14.4 Å². The third kappa shape index (κ3) is 5.60. The maximum Gasteiger partial charge on any atom is 0.306 e. The monoisotopic (exact) mass is 492 g/mol. The van der Waals surface area contributed by atoms with Crippen molar-refractivity contribution in [1.29, 1.82) is 5.26 Å². The van der Waals surface area contributed by atoms with E-state index in [1.807, 2.05) is 24.3 Å². The molecule has 4 rings (SSSR count). The summed E-state index contributed by atoms with van der Waals surface area (Å²) in [5, 5.41) is 12.8. The Morgan fingerprint density at radius 1 is 1.26 bits per heavy atom. The molecule has 2 aromatic heterocycles. The molecule has 2 heterocycles. The topological polar surface area (TPSA) is 114 Å². The minimum absolute atomic E-state index is 0.0572. The van der Waals surface area contributed by atoms with E-state index in [1.54, 1.807) is 4.57 Å². The van der Waals surface area contributed by atoms with Crippen LogP contribution < -0.4 is 10.9 Å². The number of aromatic nitrogens is 2. The van der Waals surface area contributed by atoms with Crippen LogP contribution in [-0.4, -0.2) is 28.0 Å². The number of para-hydroxylation sites is 2. The molecule has 1 aliphatic rings. The summed E-state index contributed by atoms with van der Waals surface area (Å²) in [6.45, 7) is 2.21. The second-order valence-electron chi connectivity index (χ2n) is 8.59. The summed E-state index contributed by atoms with van der Waals surface area (Å²) in [4.78, 5) is 43.2. The third-order valence-electron chi connectivity index (χ3n) is 6.12. The first-order valence-electron chi connectivity index (χ1n) is 12.0. The number of carbonyl (C=O) groups excluding carboxylic acids is 2. The van der Waals surface area contributed by atoms with Gasteiger partial charge in [-0.05, 0) is 49.8 Å². The molecule has 1 amide bonds. The van der Waals surface area contributed by atoms with Crippen molar-refractivity contribution in [2.24, 2.45) is 0 Å². The van der Waals surface area contributed by atoms with E-state index in [-0.39, 0.29) is 18.4 Å². The second-order valence-corrected chi connectivity index (χ2v) is 9.70. The van der Waals surface area contributed by atoms with Crippen LogP contribution in [0.3, 0.4) is 0 Å². The van der Waals surface area contributed by atoms with E-state index in [9.17, 15) is 19.6 Å². The van der Waals surface area contributed by atoms with Gasteiger partial charge in [0.2, 0.25) is 0 Å². The summed E-state index contributed by atoms with van der Waals surface area (Å²) in [6, 6.07) is 9.66. The molecule has 35 heavy (non-hydrogen) atoms. The highest BCUT2D eigenvalue weighted by Gasteiger charge is 2.22. The number of unbranched alkanes of at least 4 members (excludes halogenated alkanes) is 1. The van der Waals surface area contributed by atoms with Crippen LogP contribution >= 0.6 is 11.3 Å². The number of anilines is 1. The normalized spacial score (nSPS) is 12.7. The van der Waals surface area contributed by atoms with Gasteiger partial charge in [0, 0.05) is 17.8 Å². The highest BCUT2D eigenvalue weighted by molar-refractivity contribution is 7.16. The van der Waals surface area contributed by atoms with Gasteiger partial charge >= 0.3 is 5.97 Å². The summed E-state index contributed by atoms with van der Waals surface area (Å²) in [5.41, 5.74) is 3.14. The first kappa shape index (κ1) is 24.6. The Morgan fingerprint density at radius 2 is 2.06 bits per heavy atom. The Labute approximate surface area is 207 Å². The van der Waals surface area contributed by atoms with Gasteiger partial charge in [0.1, 0.15) is 16.8 Å². The van der Waals surface area contributed by atoms with Crippen molar-refractivity contribution in [2.45, 2.75) is 64.8 Å². The van der Waals surface area contributed by atoms with Crippen molar-refractivity contribution in [3.8, 4) is 6.07 Å². The standard InChI is InChI=1S/C26H28N4O4S/c1-2-3-14-30-21-10-6-5-9-19(21)28-20(26(30)33)12-13-24(32)34-16-23(31)29-25-18(15-27)17-8-4-7-11-22(17)35-25/h5-6,9-10H,2-4,7-8,11-14,16H2,1H3,(H,29,31). The van der Waals surface area contributed by atoms with Crippen molar-refractivity contribution in [2.75, 3.05) is 11.9 Å². The number of rotatable bonds is 9. The number of carbonyl (C=O) groups is 2. The molecule has 0 saturated carbocycles. The first-order valence-corrected chi connectivity index (χ1v) is 12.8. The molecule has 0 unspecified atom stereocenters. The van der Waals surface area contributed by atoms with Crippen molar-refractivity contribution in [3.63, 3.8) is 0 Å². The van der Waals surface area contributed by atoms with Crippen LogP contribution in [-0.2, 0) is 40.1 Å². The summed E-state index contributed by atoms with van der Waals surface area (Å²) in [7, 11) is 0. The molecule has 8 nitrogen and oxygen atoms in total. The molecule has 0 fully saturated rings. The zero-order chi connectivity index (χ0) is 24.8. The summed E-state index contributed by atoms with van der Waals surface area (Å²) in [6.07, 6.45) is 5.79. The first-order chi connectivity index (χ1) is 17.0. The smallest absolute Gasteiger partial charge is 0.306 e. The predicted molar refractivity (Wildman–Crippen MR) is 134 cm³/mol. The summed E-state index contributed by atoms with van der Waals surface area (Å²) < 4.78 is 6.85. The van der Waals surface area contributed by atoms with Crippen LogP contribution in [0, 0.1) is 11.3 Å². The van der Waals surface area contributed by atoms with Gasteiger partial charge in [0.05, 0.1) is 23.0 Å². The molecule has 1 aromatic carbocycles. The fourth-order valence-corrected chi connectivity index (χ4v) is 5.58. The fraction of sp³-hybridized carbons (Fsp3) is 0.423. The molecule has 182 valence electrons. The average Bonchev–Trinajstić information content (AvgIpc) is 3.22. The predicted octanol–water partition coefficient (Wildman–Crippen LogP) is 4.12. The van der Waals surface area contributed by atoms with E-state index >= 15 is 0 Å². The summed E-state index contributed by atoms with van der Waals surface area (Å²) >= 11 is 1.43. The number of nitrogens with zero attached hydrogens (tertiary/aromatic N) is 3. The lowest BCUT2D eigenvalue weighted by atomic mass is 9.96. The van der Waals surface area contributed by atoms with E-state index in [0.717, 1.165) is 54.5 Å². The Balaban J connectivity index is 1.36. The highest BCUT2D eigenvalue weighted by Crippen LogP contribution is 2.37. The number of benzene rings is 1. The van der Waals surface area contributed by atoms with Crippen LogP contribution in [0.2, 0.25) is 0 Å². The molecular formula is C26H28N4O4S. The van der Waals surface area contributed by atoms with Crippen LogP contribution in [0.25, 0.3) is 11.0 Å². The Kier molecular flexibility index (Phi) is 7.93. The van der Waals surface area contributed by atoms with Gasteiger partial charge in [-0.25, -0.2) is 4.98 Å². The molecule has 1 aliphatic carbocycles. The molecule has 1 N–H and O–H groups in total. The maximum atomic E-state index is 13.0. The van der Waals surface area contributed by atoms with Gasteiger partial charge in [-0.1, -0.05) is 25.5 Å². The Hall–Kier alpha value is -3.51. The number of hydrogen-bond acceptors (Lipinski definition) is 7. The quantitative estimate of drug-likeness (QED) is 0.450. The van der Waals surface area contributed by atoms with Crippen molar-refractivity contribution in [3.05, 3.63) is 56.3 Å². The number of hydrogen-bond donors (Lipinski definition) is 1. The number of amides is 1. The molecule has 9 heteroatoms. The minimum Gasteiger partial charge on any atom is -0.456 e. The van der Waals surface area contributed by atoms with Crippen molar-refractivity contribution in [1.82, 2.24) is 9.55 Å². The molecule has 0 saturated heterocycles. The van der Waals surface area contributed by atoms with E-state index in [4.69, 9.17) is 4.74 Å². The molecule has 3 aromatic rings. The van der Waals surface area contributed by atoms with Gasteiger partial charge in [-0.2, -0.15) is 5.26 Å². The van der Waals surface area contributed by atoms with E-state index < -0.39 is 18.5 Å². The largest absolute Gasteiger partial charge is 0.456 e. The number of ether oxygens (including phenoxy) is 1. The molecule has 0 radical (unpaired) electrons. The number of thiophene rings is 1. The lowest BCUT2D eigenvalue weighted by Gasteiger charge is -2.12. The van der Waals surface area contributed by atoms with E-state index in [1.165, 1.54) is 11.3 Å². The molecule has 0 bridgehead atoms. The van der Waals surface area contributed by atoms with Gasteiger partial charge in [-0.15, -0.1) is 11.3 Å². The van der Waals surface area contributed by atoms with Crippen molar-refractivity contribution < 1.29 is 14.3 Å². The maximum absolute atomic E-state index is 13.0. The van der Waals surface area contributed by atoms with Gasteiger partial charge in [0.15, 0.2) is 6.61 Å². The number of nitriles is 1. The molecule has 0 aliphatic heterocycles. The number of aryl methyl sites for hydroxylation is 3. The van der Waals surface area contributed by atoms with Crippen LogP contribution in [0.1, 0.15) is 60.7 Å². The van der Waals surface area contributed by atoms with Gasteiger partial charge in [0.25, 0.3) is 11.5 Å². The van der Waals surface area contributed by atoms with Crippen molar-refractivity contribution >= 4 is 39.2 Å². The third-order valence-corrected chi connectivity index (χ3v) is 7.33. The summed E-state index contributed by atoms with van der Waals surface area (Å²) in [5.74, 6) is -1.07. The average molecular weight is 493 g/mol. The second kappa shape index (κ2) is 11.3. The van der Waals surface area contributed by atoms with Gasteiger partial charge < -0.3 is 14.6 Å². The van der Waals surface area contributed by atoms with E-state index in [0.29, 0.717) is 28.3 Å². The molecule has 0 spiro atoms. The fourth-order valence-electron chi connectivity index (χ4n) is 4.32. The lowest BCUT2D eigenvalue weighted by Crippen LogP contribution is -2.27. The lowest BCUT2D eigenvalue weighted by molar-refractivity contribution is -0.147. The van der Waals surface area contributed by atoms with Crippen LogP contribution in [0.4, 0.5) is 5.00 Å². The SMILES string of the molecule is CCCCn1c(=O)c(CCC(=O)OCC(=O)Nc2sc3c(c2C#N)CCCC3)nc2ccccc21. The van der Waals surface area contributed by atoms with E-state index in [2.05, 4.69) is 23.3 Å². The number of nitrogens with one attached hydrogen (secondary N) is 1. The Morgan fingerprint density at radius 3 is 2.86 bits per heavy atom. The molecule has 0 atom stereocenters. The number of fused-ring (bicyclic) bond motifs is 2. The number of esters is 1. The zero-order valence-corrected chi connectivity index (χ0v) is 20.6. The highest BCUT2D eigenvalue weighted by atomic mass is 32.1. The molecular weight excluding hydrogens is 464 g/mol. The Bertz CT molecular complexity index is 1350. The van der Waals surface area contributed by atoms with Crippen LogP contribution in [0.5, 0.6) is 0 Å². The zero-order valence-electron chi connectivity index (χ0n) is 19.8. The van der Waals surface area contributed by atoms with Crippen LogP contribution in [0.15, 0.2) is 29.1 Å². The minimum atomic E-state index is -0.583.